The van der Waals surface area contributed by atoms with Gasteiger partial charge in [0.05, 0.1) is 4.47 Å². The van der Waals surface area contributed by atoms with Crippen LogP contribution < -0.4 is 0 Å². The van der Waals surface area contributed by atoms with Crippen molar-refractivity contribution in [1.82, 2.24) is 0 Å². The molecule has 0 unspecified atom stereocenters. The predicted molar refractivity (Wildman–Crippen MR) is 73.2 cm³/mol. The van der Waals surface area contributed by atoms with E-state index in [2.05, 4.69) is 15.9 Å². The van der Waals surface area contributed by atoms with E-state index in [9.17, 15) is 18.0 Å². The molecule has 0 aliphatic heterocycles. The molecular weight excluding hydrogens is 333 g/mol. The van der Waals surface area contributed by atoms with Gasteiger partial charge in [-0.05, 0) is 58.7 Å². The Hall–Kier alpha value is -1.62. The number of Topliss-reactive ketones (excluding diaryl/α,β-unsaturated/α-hetero) is 1. The van der Waals surface area contributed by atoms with Crippen LogP contribution in [0.15, 0.2) is 34.8 Å². The van der Waals surface area contributed by atoms with Crippen molar-refractivity contribution < 1.29 is 18.0 Å². The highest BCUT2D eigenvalue weighted by Gasteiger charge is 2.17. The fraction of sp³-hybridized carbons (Fsp3) is 0.133. The van der Waals surface area contributed by atoms with Crippen LogP contribution in [-0.2, 0) is 6.42 Å². The smallest absolute Gasteiger partial charge is 0.167 e. The molecule has 0 spiro atoms. The Morgan fingerprint density at radius 2 is 1.75 bits per heavy atom. The number of carbonyl (C=O) groups is 1. The highest BCUT2D eigenvalue weighted by atomic mass is 79.9. The molecule has 2 rings (SSSR count). The molecule has 0 fully saturated rings. The molecule has 0 aliphatic carbocycles. The first kappa shape index (κ1) is 14.8. The average molecular weight is 343 g/mol. The second-order valence-electron chi connectivity index (χ2n) is 4.39. The van der Waals surface area contributed by atoms with E-state index in [0.717, 1.165) is 12.1 Å². The molecule has 0 N–H and O–H groups in total. The molecule has 0 amide bonds. The molecule has 0 saturated heterocycles. The van der Waals surface area contributed by atoms with E-state index in [0.29, 0.717) is 5.56 Å². The zero-order chi connectivity index (χ0) is 14.9. The van der Waals surface area contributed by atoms with Crippen molar-refractivity contribution in [2.45, 2.75) is 13.3 Å². The lowest BCUT2D eigenvalue weighted by molar-refractivity contribution is 0.0990. The van der Waals surface area contributed by atoms with E-state index in [1.807, 2.05) is 0 Å². The molecule has 1 nitrogen and oxygen atoms in total. The maximum absolute atomic E-state index is 13.8. The summed E-state index contributed by atoms with van der Waals surface area (Å²) in [6.07, 6.45) is -0.415. The molecule has 2 aromatic carbocycles. The Morgan fingerprint density at radius 3 is 2.40 bits per heavy atom. The first-order valence-electron chi connectivity index (χ1n) is 5.82. The molecule has 0 saturated carbocycles. The first-order chi connectivity index (χ1) is 9.40. The van der Waals surface area contributed by atoms with Crippen LogP contribution in [0.3, 0.4) is 0 Å². The number of benzene rings is 2. The zero-order valence-electron chi connectivity index (χ0n) is 10.5. The molecule has 0 bridgehead atoms. The van der Waals surface area contributed by atoms with Gasteiger partial charge in [-0.1, -0.05) is 0 Å². The summed E-state index contributed by atoms with van der Waals surface area (Å²) in [5, 5.41) is 0. The summed E-state index contributed by atoms with van der Waals surface area (Å²) in [5.41, 5.74) is 0.236. The van der Waals surface area contributed by atoms with Gasteiger partial charge in [-0.25, -0.2) is 13.2 Å². The summed E-state index contributed by atoms with van der Waals surface area (Å²) < 4.78 is 40.6. The van der Waals surface area contributed by atoms with Crippen LogP contribution in [0, 0.1) is 24.4 Å². The standard InChI is InChI=1S/C15H10BrF3O/c1-8-6-9(2-4-12(8)17)14(20)7-10-13(18)5-3-11(16)15(10)19/h2-6H,7H2,1H3. The zero-order valence-corrected chi connectivity index (χ0v) is 12.1. The van der Waals surface area contributed by atoms with Crippen LogP contribution in [0.4, 0.5) is 13.2 Å². The molecule has 20 heavy (non-hydrogen) atoms. The van der Waals surface area contributed by atoms with Crippen molar-refractivity contribution in [2.24, 2.45) is 0 Å². The largest absolute Gasteiger partial charge is 0.294 e. The van der Waals surface area contributed by atoms with Gasteiger partial charge in [-0.2, -0.15) is 0 Å². The van der Waals surface area contributed by atoms with Crippen LogP contribution in [0.5, 0.6) is 0 Å². The number of hydrogen-bond acceptors (Lipinski definition) is 1. The average Bonchev–Trinajstić information content (AvgIpc) is 2.42. The van der Waals surface area contributed by atoms with Crippen molar-refractivity contribution in [3.63, 3.8) is 0 Å². The minimum absolute atomic E-state index is 0.0944. The molecule has 0 radical (unpaired) electrons. The molecule has 0 aromatic heterocycles. The summed E-state index contributed by atoms with van der Waals surface area (Å²) in [5.74, 6) is -2.47. The molecule has 0 aliphatic rings. The second-order valence-corrected chi connectivity index (χ2v) is 5.24. The predicted octanol–water partition coefficient (Wildman–Crippen LogP) is 4.60. The van der Waals surface area contributed by atoms with Gasteiger partial charge < -0.3 is 0 Å². The molecule has 2 aromatic rings. The molecular formula is C15H10BrF3O. The number of ketones is 1. The summed E-state index contributed by atoms with van der Waals surface area (Å²) in [7, 11) is 0. The molecule has 0 heterocycles. The van der Waals surface area contributed by atoms with E-state index in [-0.39, 0.29) is 15.6 Å². The number of halogens is 4. The number of aryl methyl sites for hydroxylation is 1. The topological polar surface area (TPSA) is 17.1 Å². The monoisotopic (exact) mass is 342 g/mol. The van der Waals surface area contributed by atoms with Gasteiger partial charge in [0.1, 0.15) is 17.5 Å². The SMILES string of the molecule is Cc1cc(C(=O)Cc2c(F)ccc(Br)c2F)ccc1F. The lowest BCUT2D eigenvalue weighted by atomic mass is 10.0. The number of rotatable bonds is 3. The van der Waals surface area contributed by atoms with Crippen LogP contribution in [-0.4, -0.2) is 5.78 Å². The Morgan fingerprint density at radius 1 is 1.10 bits per heavy atom. The Labute approximate surface area is 122 Å². The minimum atomic E-state index is -0.794. The van der Waals surface area contributed by atoms with Crippen LogP contribution in [0.2, 0.25) is 0 Å². The summed E-state index contributed by atoms with van der Waals surface area (Å²) in [6.45, 7) is 1.52. The van der Waals surface area contributed by atoms with Crippen LogP contribution >= 0.6 is 15.9 Å². The van der Waals surface area contributed by atoms with Gasteiger partial charge in [0.2, 0.25) is 0 Å². The second kappa shape index (κ2) is 5.79. The fourth-order valence-electron chi connectivity index (χ4n) is 1.81. The first-order valence-corrected chi connectivity index (χ1v) is 6.61. The van der Waals surface area contributed by atoms with Gasteiger partial charge in [0, 0.05) is 17.5 Å². The lowest BCUT2D eigenvalue weighted by Crippen LogP contribution is -2.08. The highest BCUT2D eigenvalue weighted by molar-refractivity contribution is 9.10. The van der Waals surface area contributed by atoms with E-state index in [1.165, 1.54) is 25.1 Å². The van der Waals surface area contributed by atoms with E-state index in [4.69, 9.17) is 0 Å². The van der Waals surface area contributed by atoms with Gasteiger partial charge >= 0.3 is 0 Å². The van der Waals surface area contributed by atoms with Crippen molar-refractivity contribution >= 4 is 21.7 Å². The summed E-state index contributed by atoms with van der Waals surface area (Å²) in [4.78, 5) is 12.0. The van der Waals surface area contributed by atoms with E-state index < -0.39 is 29.7 Å². The van der Waals surface area contributed by atoms with Gasteiger partial charge in [0.15, 0.2) is 5.78 Å². The van der Waals surface area contributed by atoms with Crippen LogP contribution in [0.25, 0.3) is 0 Å². The summed E-state index contributed by atoms with van der Waals surface area (Å²) >= 11 is 2.94. The maximum Gasteiger partial charge on any atom is 0.167 e. The molecule has 5 heteroatoms. The van der Waals surface area contributed by atoms with Gasteiger partial charge in [0.25, 0.3) is 0 Å². The van der Waals surface area contributed by atoms with Crippen molar-refractivity contribution in [3.05, 3.63) is 68.9 Å². The number of carbonyl (C=O) groups excluding carboxylic acids is 1. The third kappa shape index (κ3) is 2.93. The fourth-order valence-corrected chi connectivity index (χ4v) is 2.18. The highest BCUT2D eigenvalue weighted by Crippen LogP contribution is 2.23. The van der Waals surface area contributed by atoms with Crippen LogP contribution in [0.1, 0.15) is 21.5 Å². The van der Waals surface area contributed by atoms with Crippen molar-refractivity contribution in [3.8, 4) is 0 Å². The maximum atomic E-state index is 13.8. The Kier molecular flexibility index (Phi) is 4.28. The molecule has 0 atom stereocenters. The minimum Gasteiger partial charge on any atom is -0.294 e. The summed E-state index contributed by atoms with van der Waals surface area (Å²) in [6, 6.07) is 6.16. The number of hydrogen-bond donors (Lipinski definition) is 0. The van der Waals surface area contributed by atoms with Gasteiger partial charge in [-0.15, -0.1) is 0 Å². The third-order valence-electron chi connectivity index (χ3n) is 2.96. The van der Waals surface area contributed by atoms with E-state index in [1.54, 1.807) is 0 Å². The normalized spacial score (nSPS) is 10.7. The Balaban J connectivity index is 2.32. The van der Waals surface area contributed by atoms with Gasteiger partial charge in [-0.3, -0.25) is 4.79 Å². The third-order valence-corrected chi connectivity index (χ3v) is 3.57. The van der Waals surface area contributed by atoms with Crippen molar-refractivity contribution in [1.29, 1.82) is 0 Å². The quantitative estimate of drug-likeness (QED) is 0.588. The lowest BCUT2D eigenvalue weighted by Gasteiger charge is -2.07. The van der Waals surface area contributed by atoms with Crippen molar-refractivity contribution in [2.75, 3.05) is 0 Å². The molecule has 104 valence electrons. The Bertz CT molecular complexity index is 683. The van der Waals surface area contributed by atoms with E-state index >= 15 is 0 Å².